The number of esters is 2. The number of carbonyl (C=O) groups excluding carboxylic acids is 3. The van der Waals surface area contributed by atoms with Crippen LogP contribution in [-0.4, -0.2) is 71.4 Å². The van der Waals surface area contributed by atoms with Crippen molar-refractivity contribution in [1.29, 1.82) is 0 Å². The highest BCUT2D eigenvalue weighted by molar-refractivity contribution is 7.85. The third-order valence-corrected chi connectivity index (χ3v) is 7.89. The Labute approximate surface area is 196 Å². The fourth-order valence-electron chi connectivity index (χ4n) is 5.53. The lowest BCUT2D eigenvalue weighted by atomic mass is 9.78. The van der Waals surface area contributed by atoms with Gasteiger partial charge in [0.05, 0.1) is 23.3 Å². The summed E-state index contributed by atoms with van der Waals surface area (Å²) in [6.45, 7) is 8.73. The number of carbonyl (C=O) groups is 3. The van der Waals surface area contributed by atoms with Crippen LogP contribution in [-0.2, 0) is 34.0 Å². The average Bonchev–Trinajstić information content (AvgIpc) is 3.20. The summed E-state index contributed by atoms with van der Waals surface area (Å²) in [5.74, 6) is -7.82. The Hall–Kier alpha value is -1.89. The molecular weight excluding hydrogens is 483 g/mol. The lowest BCUT2D eigenvalue weighted by Gasteiger charge is -2.37. The molecule has 3 aliphatic rings. The normalized spacial score (nSPS) is 32.8. The molecule has 0 spiro atoms. The monoisotopic (exact) mass is 513 g/mol. The number of likely N-dealkylation sites (tertiary alicyclic amines) is 1. The molecule has 1 saturated heterocycles. The van der Waals surface area contributed by atoms with Crippen LogP contribution in [0.25, 0.3) is 0 Å². The standard InChI is InChI=1S/C21H30F3NO8S/c1-9(2)25-14-10-7-11(15(14)32-18(28)19(3,4)5)13(12(10)16(25)26)17(27)33-20(6,21(22,23)24)8-34(29,30)31/h9-15H,7-8H2,1-6H3,(H,29,30,31). The van der Waals surface area contributed by atoms with E-state index in [1.807, 2.05) is 0 Å². The van der Waals surface area contributed by atoms with Crippen LogP contribution >= 0.6 is 0 Å². The van der Waals surface area contributed by atoms with Crippen molar-refractivity contribution >= 4 is 28.0 Å². The van der Waals surface area contributed by atoms with Gasteiger partial charge < -0.3 is 14.4 Å². The van der Waals surface area contributed by atoms with Gasteiger partial charge in [0.2, 0.25) is 11.5 Å². The number of nitrogens with zero attached hydrogens (tertiary/aromatic N) is 1. The quantitative estimate of drug-likeness (QED) is 0.423. The van der Waals surface area contributed by atoms with Gasteiger partial charge in [0.1, 0.15) is 11.9 Å². The predicted octanol–water partition coefficient (Wildman–Crippen LogP) is 2.20. The minimum absolute atomic E-state index is 0.271. The van der Waals surface area contributed by atoms with Gasteiger partial charge in [-0.15, -0.1) is 0 Å². The third kappa shape index (κ3) is 4.40. The van der Waals surface area contributed by atoms with Gasteiger partial charge in [0.25, 0.3) is 10.1 Å². The van der Waals surface area contributed by atoms with Crippen molar-refractivity contribution < 1.29 is 50.0 Å². The maximum Gasteiger partial charge on any atom is 0.429 e. The molecule has 1 heterocycles. The van der Waals surface area contributed by atoms with Crippen LogP contribution in [0.5, 0.6) is 0 Å². The minimum Gasteiger partial charge on any atom is -0.459 e. The number of fused-ring (bicyclic) bond motifs is 1. The Balaban J connectivity index is 1.98. The lowest BCUT2D eigenvalue weighted by Crippen LogP contribution is -2.54. The molecule has 2 aliphatic carbocycles. The number of hydrogen-bond donors (Lipinski definition) is 1. The molecule has 0 radical (unpaired) electrons. The molecule has 0 aromatic heterocycles. The van der Waals surface area contributed by atoms with Crippen molar-refractivity contribution in [2.75, 3.05) is 5.75 Å². The van der Waals surface area contributed by atoms with Crippen molar-refractivity contribution in [2.24, 2.45) is 29.1 Å². The first-order valence-corrected chi connectivity index (χ1v) is 12.6. The molecule has 2 saturated carbocycles. The lowest BCUT2D eigenvalue weighted by molar-refractivity contribution is -0.259. The zero-order valence-electron chi connectivity index (χ0n) is 19.7. The summed E-state index contributed by atoms with van der Waals surface area (Å²) in [6, 6.07) is -0.820. The number of halogens is 3. The van der Waals surface area contributed by atoms with E-state index in [4.69, 9.17) is 14.0 Å². The van der Waals surface area contributed by atoms with E-state index < -0.39 is 86.7 Å². The van der Waals surface area contributed by atoms with E-state index in [1.165, 1.54) is 4.90 Å². The van der Waals surface area contributed by atoms with Crippen LogP contribution in [0.3, 0.4) is 0 Å². The molecule has 0 aromatic rings. The van der Waals surface area contributed by atoms with Crippen molar-refractivity contribution in [1.82, 2.24) is 4.90 Å². The number of alkyl halides is 3. The van der Waals surface area contributed by atoms with E-state index in [0.717, 1.165) is 0 Å². The van der Waals surface area contributed by atoms with Gasteiger partial charge >= 0.3 is 18.1 Å². The van der Waals surface area contributed by atoms with Gasteiger partial charge in [-0.05, 0) is 53.9 Å². The summed E-state index contributed by atoms with van der Waals surface area (Å²) in [5.41, 5.74) is -4.43. The van der Waals surface area contributed by atoms with Gasteiger partial charge in [0, 0.05) is 12.0 Å². The highest BCUT2D eigenvalue weighted by atomic mass is 32.2. The Morgan fingerprint density at radius 3 is 2.15 bits per heavy atom. The van der Waals surface area contributed by atoms with Crippen LogP contribution in [0.2, 0.25) is 0 Å². The molecule has 2 bridgehead atoms. The fourth-order valence-corrected chi connectivity index (χ4v) is 6.45. The van der Waals surface area contributed by atoms with E-state index in [0.29, 0.717) is 6.92 Å². The molecule has 1 aliphatic heterocycles. The topological polar surface area (TPSA) is 127 Å². The first kappa shape index (κ1) is 26.7. The van der Waals surface area contributed by atoms with Gasteiger partial charge in [-0.2, -0.15) is 21.6 Å². The number of hydrogen-bond acceptors (Lipinski definition) is 7. The van der Waals surface area contributed by atoms with Gasteiger partial charge in [0.15, 0.2) is 0 Å². The molecule has 194 valence electrons. The number of ether oxygens (including phenoxy) is 2. The summed E-state index contributed by atoms with van der Waals surface area (Å²) in [6.07, 6.45) is -5.97. The van der Waals surface area contributed by atoms with Gasteiger partial charge in [-0.1, -0.05) is 0 Å². The second-order valence-electron chi connectivity index (χ2n) is 10.9. The summed E-state index contributed by atoms with van der Waals surface area (Å²) < 4.78 is 83.0. The fraction of sp³-hybridized carbons (Fsp3) is 0.857. The Kier molecular flexibility index (Phi) is 6.34. The Morgan fingerprint density at radius 2 is 1.71 bits per heavy atom. The summed E-state index contributed by atoms with van der Waals surface area (Å²) in [4.78, 5) is 40.5. The highest BCUT2D eigenvalue weighted by Crippen LogP contribution is 2.60. The zero-order chi connectivity index (χ0) is 26.2. The molecule has 7 unspecified atom stereocenters. The SMILES string of the molecule is CC(C)N1C(=O)C2C3CC(C(OC(=O)C(C)(C)C)C31)C2C(=O)OC(C)(CS(=O)(=O)O)C(F)(F)F. The average molecular weight is 514 g/mol. The first-order chi connectivity index (χ1) is 15.2. The van der Waals surface area contributed by atoms with Crippen LogP contribution in [0.1, 0.15) is 48.0 Å². The molecule has 3 rings (SSSR count). The van der Waals surface area contributed by atoms with Gasteiger partial charge in [-0.3, -0.25) is 18.9 Å². The molecule has 3 fully saturated rings. The molecule has 0 aromatic carbocycles. The van der Waals surface area contributed by atoms with Crippen LogP contribution in [0.15, 0.2) is 0 Å². The highest BCUT2D eigenvalue weighted by Gasteiger charge is 2.72. The van der Waals surface area contributed by atoms with E-state index in [2.05, 4.69) is 0 Å². The molecule has 13 heteroatoms. The predicted molar refractivity (Wildman–Crippen MR) is 111 cm³/mol. The number of rotatable bonds is 6. The summed E-state index contributed by atoms with van der Waals surface area (Å²) in [7, 11) is -5.17. The van der Waals surface area contributed by atoms with Crippen molar-refractivity contribution in [2.45, 2.75) is 77.9 Å². The molecule has 34 heavy (non-hydrogen) atoms. The molecule has 1 amide bonds. The van der Waals surface area contributed by atoms with Gasteiger partial charge in [-0.25, -0.2) is 0 Å². The number of amides is 1. The smallest absolute Gasteiger partial charge is 0.429 e. The van der Waals surface area contributed by atoms with E-state index in [9.17, 15) is 36.0 Å². The van der Waals surface area contributed by atoms with Crippen molar-refractivity contribution in [3.63, 3.8) is 0 Å². The molecule has 9 nitrogen and oxygen atoms in total. The van der Waals surface area contributed by atoms with E-state index in [-0.39, 0.29) is 12.5 Å². The van der Waals surface area contributed by atoms with Crippen molar-refractivity contribution in [3.05, 3.63) is 0 Å². The molecule has 7 atom stereocenters. The van der Waals surface area contributed by atoms with Crippen LogP contribution in [0.4, 0.5) is 13.2 Å². The summed E-state index contributed by atoms with van der Waals surface area (Å²) >= 11 is 0. The van der Waals surface area contributed by atoms with Crippen LogP contribution in [0, 0.1) is 29.1 Å². The third-order valence-electron chi connectivity index (χ3n) is 6.98. The zero-order valence-corrected chi connectivity index (χ0v) is 20.6. The molecular formula is C21H30F3NO8S. The van der Waals surface area contributed by atoms with E-state index in [1.54, 1.807) is 34.6 Å². The Morgan fingerprint density at radius 1 is 1.15 bits per heavy atom. The van der Waals surface area contributed by atoms with Crippen LogP contribution < -0.4 is 0 Å². The Bertz CT molecular complexity index is 989. The van der Waals surface area contributed by atoms with E-state index >= 15 is 0 Å². The maximum absolute atomic E-state index is 13.7. The largest absolute Gasteiger partial charge is 0.459 e. The molecule has 1 N–H and O–H groups in total. The second-order valence-corrected chi connectivity index (χ2v) is 12.4. The second kappa shape index (κ2) is 8.07. The van der Waals surface area contributed by atoms with Crippen molar-refractivity contribution in [3.8, 4) is 0 Å². The first-order valence-electron chi connectivity index (χ1n) is 11.0. The maximum atomic E-state index is 13.7. The summed E-state index contributed by atoms with van der Waals surface area (Å²) in [5, 5.41) is 0. The minimum atomic E-state index is -5.32.